The lowest BCUT2D eigenvalue weighted by Gasteiger charge is -2.17. The van der Waals surface area contributed by atoms with Crippen molar-refractivity contribution >= 4 is 21.9 Å². The minimum Gasteiger partial charge on any atom is -0.480 e. The quantitative estimate of drug-likeness (QED) is 0.818. The molecule has 0 amide bonds. The monoisotopic (exact) mass is 351 g/mol. The van der Waals surface area contributed by atoms with Gasteiger partial charge in [-0.2, -0.15) is 0 Å². The molecule has 1 heterocycles. The fraction of sp³-hybridized carbons (Fsp3) is 0.312. The van der Waals surface area contributed by atoms with Crippen LogP contribution in [-0.2, 0) is 11.3 Å². The van der Waals surface area contributed by atoms with E-state index in [1.807, 2.05) is 48.2 Å². The van der Waals surface area contributed by atoms with Crippen LogP contribution >= 0.6 is 15.9 Å². The number of rotatable bonds is 7. The lowest BCUT2D eigenvalue weighted by atomic mass is 10.2. The summed E-state index contributed by atoms with van der Waals surface area (Å²) in [7, 11) is 0. The van der Waals surface area contributed by atoms with Gasteiger partial charge in [-0.15, -0.1) is 0 Å². The van der Waals surface area contributed by atoms with Gasteiger partial charge < -0.3 is 9.52 Å². The maximum atomic E-state index is 10.9. The molecule has 2 rings (SSSR count). The molecule has 0 radical (unpaired) electrons. The van der Waals surface area contributed by atoms with E-state index in [1.54, 1.807) is 0 Å². The molecule has 0 bridgehead atoms. The molecule has 0 saturated heterocycles. The molecule has 0 saturated carbocycles. The van der Waals surface area contributed by atoms with E-state index in [1.165, 1.54) is 0 Å². The van der Waals surface area contributed by atoms with Gasteiger partial charge in [-0.25, -0.2) is 0 Å². The number of benzene rings is 1. The summed E-state index contributed by atoms with van der Waals surface area (Å²) in [6.07, 6.45) is 0.910. The van der Waals surface area contributed by atoms with Crippen LogP contribution in [0.4, 0.5) is 0 Å². The zero-order valence-corrected chi connectivity index (χ0v) is 13.5. The van der Waals surface area contributed by atoms with Crippen LogP contribution in [-0.4, -0.2) is 29.1 Å². The Morgan fingerprint density at radius 3 is 2.57 bits per heavy atom. The predicted octanol–water partition coefficient (Wildman–Crippen LogP) is 4.01. The normalized spacial score (nSPS) is 11.0. The van der Waals surface area contributed by atoms with Crippen molar-refractivity contribution in [2.24, 2.45) is 0 Å². The van der Waals surface area contributed by atoms with Gasteiger partial charge in [0.15, 0.2) is 0 Å². The summed E-state index contributed by atoms with van der Waals surface area (Å²) in [6.45, 7) is 3.31. The Hall–Kier alpha value is -1.59. The van der Waals surface area contributed by atoms with Gasteiger partial charge in [0, 0.05) is 10.0 Å². The van der Waals surface area contributed by atoms with Crippen molar-refractivity contribution in [3.05, 3.63) is 46.6 Å². The van der Waals surface area contributed by atoms with Crippen LogP contribution in [0, 0.1) is 0 Å². The fourth-order valence-electron chi connectivity index (χ4n) is 2.17. The third-order valence-corrected chi connectivity index (χ3v) is 3.60. The van der Waals surface area contributed by atoms with Gasteiger partial charge >= 0.3 is 5.97 Å². The van der Waals surface area contributed by atoms with Crippen LogP contribution in [0.25, 0.3) is 11.3 Å². The van der Waals surface area contributed by atoms with Crippen LogP contribution < -0.4 is 0 Å². The summed E-state index contributed by atoms with van der Waals surface area (Å²) in [6, 6.07) is 11.7. The van der Waals surface area contributed by atoms with Crippen LogP contribution in [0.15, 0.2) is 45.3 Å². The molecule has 0 aliphatic carbocycles. The molecule has 4 nitrogen and oxygen atoms in total. The first-order valence-electron chi connectivity index (χ1n) is 6.87. The van der Waals surface area contributed by atoms with Gasteiger partial charge in [-0.05, 0) is 37.2 Å². The summed E-state index contributed by atoms with van der Waals surface area (Å²) in [4.78, 5) is 12.7. The molecular formula is C16H18BrNO3. The maximum Gasteiger partial charge on any atom is 0.317 e. The van der Waals surface area contributed by atoms with Gasteiger partial charge in [0.2, 0.25) is 0 Å². The highest BCUT2D eigenvalue weighted by atomic mass is 79.9. The van der Waals surface area contributed by atoms with Crippen molar-refractivity contribution in [3.8, 4) is 11.3 Å². The first kappa shape index (κ1) is 15.8. The minimum atomic E-state index is -0.817. The first-order valence-corrected chi connectivity index (χ1v) is 7.66. The fourth-order valence-corrected chi connectivity index (χ4v) is 2.44. The van der Waals surface area contributed by atoms with Crippen LogP contribution in [0.5, 0.6) is 0 Å². The zero-order chi connectivity index (χ0) is 15.2. The number of hydrogen-bond acceptors (Lipinski definition) is 3. The molecule has 21 heavy (non-hydrogen) atoms. The smallest absolute Gasteiger partial charge is 0.317 e. The average molecular weight is 352 g/mol. The number of aliphatic carboxylic acids is 1. The van der Waals surface area contributed by atoms with E-state index in [4.69, 9.17) is 9.52 Å². The topological polar surface area (TPSA) is 53.7 Å². The van der Waals surface area contributed by atoms with E-state index in [0.717, 1.165) is 34.5 Å². The second-order valence-electron chi connectivity index (χ2n) is 4.88. The molecule has 0 unspecified atom stereocenters. The van der Waals surface area contributed by atoms with Gasteiger partial charge in [0.05, 0.1) is 13.1 Å². The molecule has 1 aromatic heterocycles. The van der Waals surface area contributed by atoms with E-state index < -0.39 is 5.97 Å². The third kappa shape index (κ3) is 4.72. The molecule has 5 heteroatoms. The molecule has 0 aliphatic heterocycles. The maximum absolute atomic E-state index is 10.9. The van der Waals surface area contributed by atoms with Crippen molar-refractivity contribution < 1.29 is 14.3 Å². The molecule has 1 N–H and O–H groups in total. The van der Waals surface area contributed by atoms with E-state index >= 15 is 0 Å². The lowest BCUT2D eigenvalue weighted by Crippen LogP contribution is -2.29. The lowest BCUT2D eigenvalue weighted by molar-refractivity contribution is -0.138. The Kier molecular flexibility index (Phi) is 5.59. The number of nitrogens with zero attached hydrogens (tertiary/aromatic N) is 1. The Morgan fingerprint density at radius 1 is 1.24 bits per heavy atom. The van der Waals surface area contributed by atoms with Crippen molar-refractivity contribution in [1.29, 1.82) is 0 Å². The number of hydrogen-bond donors (Lipinski definition) is 1. The van der Waals surface area contributed by atoms with Crippen LogP contribution in [0.2, 0.25) is 0 Å². The zero-order valence-electron chi connectivity index (χ0n) is 11.9. The Morgan fingerprint density at radius 2 is 1.95 bits per heavy atom. The SMILES string of the molecule is CCCN(CC(=O)O)Cc1ccc(-c2ccc(Br)cc2)o1. The summed E-state index contributed by atoms with van der Waals surface area (Å²) < 4.78 is 6.84. The number of carbonyl (C=O) groups is 1. The molecule has 112 valence electrons. The number of furan rings is 1. The van der Waals surface area contributed by atoms with Crippen LogP contribution in [0.3, 0.4) is 0 Å². The average Bonchev–Trinajstić information content (AvgIpc) is 2.87. The summed E-state index contributed by atoms with van der Waals surface area (Å²) in [5, 5.41) is 8.92. The van der Waals surface area contributed by atoms with Crippen molar-refractivity contribution in [2.75, 3.05) is 13.1 Å². The third-order valence-electron chi connectivity index (χ3n) is 3.07. The van der Waals surface area contributed by atoms with E-state index in [2.05, 4.69) is 15.9 Å². The molecule has 2 aromatic rings. The van der Waals surface area contributed by atoms with Gasteiger partial charge in [0.25, 0.3) is 0 Å². The van der Waals surface area contributed by atoms with Crippen molar-refractivity contribution in [1.82, 2.24) is 4.90 Å². The first-order chi connectivity index (χ1) is 10.1. The van der Waals surface area contributed by atoms with Crippen molar-refractivity contribution in [2.45, 2.75) is 19.9 Å². The second kappa shape index (κ2) is 7.43. The Bertz CT molecular complexity index is 592. The summed E-state index contributed by atoms with van der Waals surface area (Å²) in [5.41, 5.74) is 1.00. The number of carboxylic acid groups (broad SMARTS) is 1. The molecule has 0 fully saturated rings. The molecule has 0 spiro atoms. The number of halogens is 1. The van der Waals surface area contributed by atoms with Gasteiger partial charge in [-0.3, -0.25) is 9.69 Å². The molecule has 1 aromatic carbocycles. The van der Waals surface area contributed by atoms with E-state index in [0.29, 0.717) is 6.54 Å². The van der Waals surface area contributed by atoms with Gasteiger partial charge in [0.1, 0.15) is 11.5 Å². The standard InChI is InChI=1S/C16H18BrNO3/c1-2-9-18(11-16(19)20)10-14-7-8-15(21-14)12-3-5-13(17)6-4-12/h3-8H,2,9-11H2,1H3,(H,19,20). The molecular weight excluding hydrogens is 334 g/mol. The van der Waals surface area contributed by atoms with Crippen molar-refractivity contribution in [3.63, 3.8) is 0 Å². The second-order valence-corrected chi connectivity index (χ2v) is 5.79. The highest BCUT2D eigenvalue weighted by molar-refractivity contribution is 9.10. The van der Waals surface area contributed by atoms with Crippen LogP contribution in [0.1, 0.15) is 19.1 Å². The molecule has 0 atom stereocenters. The molecule has 0 aliphatic rings. The Balaban J connectivity index is 2.07. The summed E-state index contributed by atoms with van der Waals surface area (Å²) in [5.74, 6) is 0.759. The summed E-state index contributed by atoms with van der Waals surface area (Å²) >= 11 is 3.40. The van der Waals surface area contributed by atoms with Gasteiger partial charge in [-0.1, -0.05) is 35.0 Å². The van der Waals surface area contributed by atoms with E-state index in [-0.39, 0.29) is 6.54 Å². The highest BCUT2D eigenvalue weighted by Crippen LogP contribution is 2.24. The number of carboxylic acids is 1. The Labute approximate surface area is 132 Å². The highest BCUT2D eigenvalue weighted by Gasteiger charge is 2.12. The van der Waals surface area contributed by atoms with E-state index in [9.17, 15) is 4.79 Å². The predicted molar refractivity (Wildman–Crippen MR) is 85.0 cm³/mol. The largest absolute Gasteiger partial charge is 0.480 e. The minimum absolute atomic E-state index is 0.0299.